The average Bonchev–Trinajstić information content (AvgIpc) is 3.16. The molecule has 0 radical (unpaired) electrons. The van der Waals surface area contributed by atoms with Gasteiger partial charge in [0.05, 0.1) is 0 Å². The first-order chi connectivity index (χ1) is 16.6. The van der Waals surface area contributed by atoms with Crippen molar-refractivity contribution in [3.05, 3.63) is 107 Å². The Balaban J connectivity index is 1.76. The van der Waals surface area contributed by atoms with Gasteiger partial charge in [-0.1, -0.05) is 78.9 Å². The number of hydrogen-bond acceptors (Lipinski definition) is 2. The van der Waals surface area contributed by atoms with Gasteiger partial charge in [0.15, 0.2) is 0 Å². The molecule has 1 fully saturated rings. The van der Waals surface area contributed by atoms with Gasteiger partial charge < -0.3 is 14.8 Å². The number of benzene rings is 3. The fourth-order valence-electron chi connectivity index (χ4n) is 5.02. The van der Waals surface area contributed by atoms with E-state index in [1.807, 2.05) is 0 Å². The van der Waals surface area contributed by atoms with Gasteiger partial charge in [0.1, 0.15) is 5.69 Å². The minimum absolute atomic E-state index is 0.0324. The molecule has 4 heteroatoms. The monoisotopic (exact) mass is 451 g/mol. The van der Waals surface area contributed by atoms with Crippen LogP contribution in [0.15, 0.2) is 84.9 Å². The van der Waals surface area contributed by atoms with E-state index in [2.05, 4.69) is 114 Å². The number of carbonyl (C=O) groups is 1. The zero-order chi connectivity index (χ0) is 23.5. The number of fused-ring (bicyclic) bond motifs is 1. The first-order valence-corrected chi connectivity index (χ1v) is 12.3. The number of nitrogens with zero attached hydrogens (tertiary/aromatic N) is 2. The van der Waals surface area contributed by atoms with Crippen molar-refractivity contribution in [2.45, 2.75) is 37.8 Å². The molecule has 174 valence electrons. The molecule has 4 aromatic rings. The van der Waals surface area contributed by atoms with Crippen LogP contribution >= 0.6 is 0 Å². The molecule has 0 unspecified atom stereocenters. The minimum atomic E-state index is -0.0324. The first kappa shape index (κ1) is 22.4. The molecule has 1 aliphatic rings. The van der Waals surface area contributed by atoms with Gasteiger partial charge in [-0.3, -0.25) is 4.79 Å². The number of hydrogen-bond donors (Lipinski definition) is 1. The van der Waals surface area contributed by atoms with Gasteiger partial charge >= 0.3 is 0 Å². The van der Waals surface area contributed by atoms with Crippen molar-refractivity contribution in [2.75, 3.05) is 20.6 Å². The molecule has 1 amide bonds. The van der Waals surface area contributed by atoms with Crippen LogP contribution in [-0.2, 0) is 6.54 Å². The molecule has 4 nitrogen and oxygen atoms in total. The van der Waals surface area contributed by atoms with E-state index in [1.54, 1.807) is 0 Å². The zero-order valence-corrected chi connectivity index (χ0v) is 20.1. The van der Waals surface area contributed by atoms with Gasteiger partial charge in [-0.25, -0.2) is 0 Å². The van der Waals surface area contributed by atoms with E-state index in [0.717, 1.165) is 48.1 Å². The van der Waals surface area contributed by atoms with Crippen LogP contribution in [0.1, 0.15) is 52.4 Å². The molecular weight excluding hydrogens is 418 g/mol. The van der Waals surface area contributed by atoms with Crippen LogP contribution in [0.2, 0.25) is 0 Å². The lowest BCUT2D eigenvalue weighted by Crippen LogP contribution is -2.41. The van der Waals surface area contributed by atoms with Crippen LogP contribution in [0.4, 0.5) is 0 Å². The summed E-state index contributed by atoms with van der Waals surface area (Å²) in [6.07, 6.45) is 3.33. The van der Waals surface area contributed by atoms with E-state index in [-0.39, 0.29) is 17.9 Å². The van der Waals surface area contributed by atoms with Gasteiger partial charge in [-0.2, -0.15) is 0 Å². The topological polar surface area (TPSA) is 37.3 Å². The molecule has 1 aromatic heterocycles. The van der Waals surface area contributed by atoms with Crippen molar-refractivity contribution in [2.24, 2.45) is 0 Å². The van der Waals surface area contributed by atoms with Gasteiger partial charge in [0.25, 0.3) is 5.91 Å². The van der Waals surface area contributed by atoms with Crippen molar-refractivity contribution in [1.29, 1.82) is 0 Å². The Morgan fingerprint density at radius 3 is 2.06 bits per heavy atom. The second kappa shape index (κ2) is 9.86. The Morgan fingerprint density at radius 1 is 0.912 bits per heavy atom. The summed E-state index contributed by atoms with van der Waals surface area (Å²) in [5.41, 5.74) is 5.41. The molecular formula is C30H33N3O. The highest BCUT2D eigenvalue weighted by atomic mass is 16.2. The van der Waals surface area contributed by atoms with E-state index >= 15 is 0 Å². The fraction of sp³-hybridized carbons (Fsp3) is 0.300. The number of carbonyl (C=O) groups excluding carboxylic acids is 1. The van der Waals surface area contributed by atoms with Gasteiger partial charge in [0, 0.05) is 41.5 Å². The molecule has 3 aromatic carbocycles. The first-order valence-electron chi connectivity index (χ1n) is 12.3. The smallest absolute Gasteiger partial charge is 0.268 e. The minimum Gasteiger partial charge on any atom is -0.348 e. The molecule has 0 bridgehead atoms. The highest BCUT2D eigenvalue weighted by Crippen LogP contribution is 2.40. The van der Waals surface area contributed by atoms with Crippen LogP contribution in [0.25, 0.3) is 10.9 Å². The molecule has 1 heterocycles. The van der Waals surface area contributed by atoms with Gasteiger partial charge in [-0.05, 0) is 50.6 Å². The lowest BCUT2D eigenvalue weighted by molar-refractivity contribution is 0.0906. The van der Waals surface area contributed by atoms with E-state index in [1.165, 1.54) is 17.5 Å². The van der Waals surface area contributed by atoms with E-state index in [9.17, 15) is 4.79 Å². The summed E-state index contributed by atoms with van der Waals surface area (Å²) < 4.78 is 2.25. The molecule has 1 aliphatic carbocycles. The molecule has 5 rings (SSSR count). The van der Waals surface area contributed by atoms with E-state index < -0.39 is 0 Å². The Morgan fingerprint density at radius 2 is 1.50 bits per heavy atom. The Hall–Kier alpha value is -3.37. The van der Waals surface area contributed by atoms with Crippen LogP contribution in [0.5, 0.6) is 0 Å². The van der Waals surface area contributed by atoms with Gasteiger partial charge in [-0.15, -0.1) is 0 Å². The highest BCUT2D eigenvalue weighted by molar-refractivity contribution is 6.03. The largest absolute Gasteiger partial charge is 0.348 e. The summed E-state index contributed by atoms with van der Waals surface area (Å²) in [6, 6.07) is 29.9. The summed E-state index contributed by atoms with van der Waals surface area (Å²) in [6.45, 7) is 1.63. The summed E-state index contributed by atoms with van der Waals surface area (Å²) in [5, 5.41) is 4.50. The average molecular weight is 452 g/mol. The number of aromatic nitrogens is 1. The Bertz CT molecular complexity index is 1220. The number of amides is 1. The summed E-state index contributed by atoms with van der Waals surface area (Å²) >= 11 is 0. The highest BCUT2D eigenvalue weighted by Gasteiger charge is 2.31. The third-order valence-electron chi connectivity index (χ3n) is 6.99. The van der Waals surface area contributed by atoms with E-state index in [0.29, 0.717) is 0 Å². The zero-order valence-electron chi connectivity index (χ0n) is 20.1. The lowest BCUT2D eigenvalue weighted by Gasteiger charge is -2.28. The molecule has 0 spiro atoms. The SMILES string of the molecule is CN(C)CCn1c(C(=O)NC2CCC2)c(C(c2ccccc2)c2ccccc2)c2ccccc21. The standard InChI is InChI=1S/C30H33N3O/c1-32(2)20-21-33-26-19-10-9-18-25(26)28(29(33)30(34)31-24-16-11-17-24)27(22-12-5-3-6-13-22)23-14-7-4-8-15-23/h3-10,12-15,18-19,24,27H,11,16-17,20-21H2,1-2H3,(H,31,34). The van der Waals surface area contributed by atoms with E-state index in [4.69, 9.17) is 0 Å². The summed E-state index contributed by atoms with van der Waals surface area (Å²) in [5.74, 6) is 0.0153. The van der Waals surface area contributed by atoms with Gasteiger partial charge in [0.2, 0.25) is 0 Å². The molecule has 0 atom stereocenters. The number of nitrogens with one attached hydrogen (secondary N) is 1. The maximum atomic E-state index is 13.9. The number of rotatable bonds is 8. The Labute approximate surface area is 202 Å². The molecule has 0 saturated heterocycles. The maximum Gasteiger partial charge on any atom is 0.268 e. The molecule has 34 heavy (non-hydrogen) atoms. The van der Waals surface area contributed by atoms with Crippen molar-refractivity contribution in [3.63, 3.8) is 0 Å². The number of para-hydroxylation sites is 1. The predicted molar refractivity (Wildman–Crippen MR) is 139 cm³/mol. The van der Waals surface area contributed by atoms with Crippen molar-refractivity contribution in [3.8, 4) is 0 Å². The summed E-state index contributed by atoms with van der Waals surface area (Å²) in [4.78, 5) is 16.1. The second-order valence-electron chi connectivity index (χ2n) is 9.59. The number of likely N-dealkylation sites (N-methyl/N-ethyl adjacent to an activating group) is 1. The molecule has 1 N–H and O–H groups in total. The third-order valence-corrected chi connectivity index (χ3v) is 6.99. The normalized spacial score (nSPS) is 14.0. The quantitative estimate of drug-likeness (QED) is 0.375. The second-order valence-corrected chi connectivity index (χ2v) is 9.59. The van der Waals surface area contributed by atoms with Crippen LogP contribution in [0, 0.1) is 0 Å². The van der Waals surface area contributed by atoms with Crippen LogP contribution < -0.4 is 5.32 Å². The van der Waals surface area contributed by atoms with Crippen LogP contribution in [0.3, 0.4) is 0 Å². The maximum absolute atomic E-state index is 13.9. The van der Waals surface area contributed by atoms with Crippen molar-refractivity contribution >= 4 is 16.8 Å². The molecule has 1 saturated carbocycles. The predicted octanol–water partition coefficient (Wildman–Crippen LogP) is 5.67. The van der Waals surface area contributed by atoms with Crippen LogP contribution in [-0.4, -0.2) is 42.1 Å². The van der Waals surface area contributed by atoms with Crippen molar-refractivity contribution < 1.29 is 4.79 Å². The third kappa shape index (κ3) is 4.38. The fourth-order valence-corrected chi connectivity index (χ4v) is 5.02. The lowest BCUT2D eigenvalue weighted by atomic mass is 9.83. The Kier molecular flexibility index (Phi) is 6.50. The van der Waals surface area contributed by atoms with Crippen molar-refractivity contribution in [1.82, 2.24) is 14.8 Å². The molecule has 0 aliphatic heterocycles. The summed E-state index contributed by atoms with van der Waals surface area (Å²) in [7, 11) is 4.16.